The Kier molecular flexibility index (Phi) is 16.9. The molecule has 0 N–H and O–H groups in total. The van der Waals surface area contributed by atoms with Crippen molar-refractivity contribution in [2.75, 3.05) is 4.90 Å². The van der Waals surface area contributed by atoms with Crippen LogP contribution in [0.5, 0.6) is 11.5 Å². The largest absolute Gasteiger partial charge is 0.458 e. The summed E-state index contributed by atoms with van der Waals surface area (Å²) in [5.74, 6) is 1.68. The Labute approximate surface area is 648 Å². The average molecular weight is 1440 g/mol. The summed E-state index contributed by atoms with van der Waals surface area (Å²) in [6.07, 6.45) is 0. The van der Waals surface area contributed by atoms with Gasteiger partial charge in [-0.25, -0.2) is 0 Å². The van der Waals surface area contributed by atoms with Gasteiger partial charge in [0.15, 0.2) is 16.1 Å². The molecule has 0 fully saturated rings. The van der Waals surface area contributed by atoms with Crippen LogP contribution in [0.15, 0.2) is 394 Å². The lowest BCUT2D eigenvalue weighted by molar-refractivity contribution is 0.487. The van der Waals surface area contributed by atoms with Crippen LogP contribution in [-0.4, -0.2) is 27.4 Å². The van der Waals surface area contributed by atoms with E-state index >= 15 is 0 Å². The molecule has 0 bridgehead atoms. The highest BCUT2D eigenvalue weighted by atomic mass is 28.3. The zero-order chi connectivity index (χ0) is 74.3. The van der Waals surface area contributed by atoms with Crippen LogP contribution < -0.4 is 67.5 Å². The van der Waals surface area contributed by atoms with E-state index in [-0.39, 0.29) is 17.5 Å². The number of nitrogens with zero attached hydrogens (tertiary/aromatic N) is 2. The first-order chi connectivity index (χ1) is 53.8. The number of ether oxygens (including phenoxy) is 1. The SMILES string of the molecule is CC(C)(C)c1ccc2c(c1)c1cc(C(C)(C)C)ccc1n2-c1cc2c3c(c1)N(c1cc(-c4ccccc4)cc(-c4ccccc4)c1)c1cc([Si](c4ccccc4)(c4ccccc4)c4cccc(-c5ccccc5)c4)ccc1B3c1ccc([Si](c3ccccc3)(c3ccccc3)c3cccc(-c4ccccc4)c3)cc1O2. The molecule has 110 heavy (non-hydrogen) atoms. The molecule has 17 aromatic rings. The maximum Gasteiger partial charge on any atom is 0.256 e. The van der Waals surface area contributed by atoms with E-state index in [1.807, 2.05) is 0 Å². The topological polar surface area (TPSA) is 17.4 Å². The minimum absolute atomic E-state index is 0.0900. The second-order valence-electron chi connectivity index (χ2n) is 31.9. The number of hydrogen-bond donors (Lipinski definition) is 0. The highest BCUT2D eigenvalue weighted by molar-refractivity contribution is 7.20. The second-order valence-corrected chi connectivity index (χ2v) is 39.5. The van der Waals surface area contributed by atoms with Crippen molar-refractivity contribution < 1.29 is 4.74 Å². The van der Waals surface area contributed by atoms with Crippen LogP contribution in [0.4, 0.5) is 17.1 Å². The Morgan fingerprint density at radius 3 is 1.04 bits per heavy atom. The minimum Gasteiger partial charge on any atom is -0.458 e. The van der Waals surface area contributed by atoms with Crippen molar-refractivity contribution in [2.45, 2.75) is 52.4 Å². The van der Waals surface area contributed by atoms with Crippen LogP contribution in [0.25, 0.3) is 72.0 Å². The van der Waals surface area contributed by atoms with E-state index in [1.54, 1.807) is 0 Å². The Morgan fingerprint density at radius 2 is 0.618 bits per heavy atom. The summed E-state index contributed by atoms with van der Waals surface area (Å²) in [6, 6.07) is 150. The Morgan fingerprint density at radius 1 is 0.255 bits per heavy atom. The van der Waals surface area contributed by atoms with Crippen molar-refractivity contribution in [3.63, 3.8) is 0 Å². The minimum atomic E-state index is -3.33. The zero-order valence-electron chi connectivity index (χ0n) is 62.9. The predicted molar refractivity (Wildman–Crippen MR) is 473 cm³/mol. The summed E-state index contributed by atoms with van der Waals surface area (Å²) in [4.78, 5) is 2.64. The highest BCUT2D eigenvalue weighted by Gasteiger charge is 2.48. The first-order valence-electron chi connectivity index (χ1n) is 38.6. The van der Waals surface area contributed by atoms with E-state index in [9.17, 15) is 0 Å². The fraction of sp³-hybridized carbons (Fsp3) is 0.0769. The van der Waals surface area contributed by atoms with E-state index in [0.29, 0.717) is 0 Å². The molecule has 0 unspecified atom stereocenters. The fourth-order valence-electron chi connectivity index (χ4n) is 18.0. The van der Waals surface area contributed by atoms with E-state index in [1.165, 1.54) is 91.1 Å². The average Bonchev–Trinajstić information content (AvgIpc) is 0.817. The monoisotopic (exact) mass is 1440 g/mol. The summed E-state index contributed by atoms with van der Waals surface area (Å²) in [5, 5.41) is 12.8. The van der Waals surface area contributed by atoms with Gasteiger partial charge in [-0.1, -0.05) is 369 Å². The normalized spacial score (nSPS) is 12.7. The molecular weight excluding hydrogens is 1360 g/mol. The van der Waals surface area contributed by atoms with Gasteiger partial charge >= 0.3 is 0 Å². The van der Waals surface area contributed by atoms with Crippen LogP contribution in [0, 0.1) is 0 Å². The molecule has 0 spiro atoms. The van der Waals surface area contributed by atoms with Crippen molar-refractivity contribution in [3.8, 4) is 61.7 Å². The zero-order valence-corrected chi connectivity index (χ0v) is 64.9. The molecule has 0 aliphatic carbocycles. The molecule has 526 valence electrons. The van der Waals surface area contributed by atoms with Gasteiger partial charge in [-0.15, -0.1) is 0 Å². The fourth-order valence-corrected chi connectivity index (χ4v) is 27.6. The van der Waals surface area contributed by atoms with Gasteiger partial charge in [0.25, 0.3) is 6.71 Å². The lowest BCUT2D eigenvalue weighted by atomic mass is 9.34. The highest BCUT2D eigenvalue weighted by Crippen LogP contribution is 2.47. The second kappa shape index (κ2) is 27.3. The van der Waals surface area contributed by atoms with Crippen LogP contribution in [-0.2, 0) is 10.8 Å². The number of aromatic nitrogens is 1. The molecule has 6 heteroatoms. The van der Waals surface area contributed by atoms with E-state index < -0.39 is 16.1 Å². The van der Waals surface area contributed by atoms with E-state index in [4.69, 9.17) is 4.74 Å². The molecule has 0 saturated heterocycles. The molecule has 2 aliphatic rings. The summed E-state index contributed by atoms with van der Waals surface area (Å²) in [5.41, 5.74) is 21.7. The molecule has 1 aromatic heterocycles. The van der Waals surface area contributed by atoms with Crippen molar-refractivity contribution in [3.05, 3.63) is 405 Å². The van der Waals surface area contributed by atoms with Crippen LogP contribution in [0.1, 0.15) is 52.7 Å². The van der Waals surface area contributed by atoms with Gasteiger partial charge in [-0.05, 0) is 185 Å². The third-order valence-electron chi connectivity index (χ3n) is 23.4. The lowest BCUT2D eigenvalue weighted by Crippen LogP contribution is -2.75. The molecule has 2 aliphatic heterocycles. The van der Waals surface area contributed by atoms with Gasteiger partial charge in [0.05, 0.1) is 16.7 Å². The lowest BCUT2D eigenvalue weighted by Gasteiger charge is -2.42. The number of rotatable bonds is 14. The summed E-state index contributed by atoms with van der Waals surface area (Å²) in [6.45, 7) is 13.7. The summed E-state index contributed by atoms with van der Waals surface area (Å²) >= 11 is 0. The molecule has 3 nitrogen and oxygen atoms in total. The Bertz CT molecular complexity index is 6110. The first-order valence-corrected chi connectivity index (χ1v) is 42.6. The van der Waals surface area contributed by atoms with Gasteiger partial charge in [0.2, 0.25) is 0 Å². The molecule has 0 saturated carbocycles. The van der Waals surface area contributed by atoms with Crippen molar-refractivity contribution in [1.29, 1.82) is 0 Å². The van der Waals surface area contributed by atoms with Crippen LogP contribution >= 0.6 is 0 Å². The molecule has 0 amide bonds. The third kappa shape index (κ3) is 11.5. The third-order valence-corrected chi connectivity index (χ3v) is 32.9. The quantitative estimate of drug-likeness (QED) is 0.0797. The number of anilines is 3. The smallest absolute Gasteiger partial charge is 0.256 e. The van der Waals surface area contributed by atoms with Crippen molar-refractivity contribution in [2.24, 2.45) is 0 Å². The van der Waals surface area contributed by atoms with Crippen molar-refractivity contribution in [1.82, 2.24) is 4.57 Å². The van der Waals surface area contributed by atoms with Gasteiger partial charge in [0, 0.05) is 33.9 Å². The molecule has 3 heterocycles. The van der Waals surface area contributed by atoms with Crippen LogP contribution in [0.2, 0.25) is 0 Å². The number of hydrogen-bond acceptors (Lipinski definition) is 2. The molecule has 16 aromatic carbocycles. The molecule has 0 radical (unpaired) electrons. The summed E-state index contributed by atoms with van der Waals surface area (Å²) < 4.78 is 10.7. The maximum absolute atomic E-state index is 8.12. The van der Waals surface area contributed by atoms with Gasteiger partial charge < -0.3 is 14.2 Å². The number of fused-ring (bicyclic) bond motifs is 7. The van der Waals surface area contributed by atoms with Crippen molar-refractivity contribution >= 4 is 120 Å². The van der Waals surface area contributed by atoms with Gasteiger partial charge in [-0.2, -0.15) is 0 Å². The van der Waals surface area contributed by atoms with Gasteiger partial charge in [0.1, 0.15) is 11.5 Å². The van der Waals surface area contributed by atoms with E-state index in [0.717, 1.165) is 78.5 Å². The molecule has 19 rings (SSSR count). The predicted octanol–water partition coefficient (Wildman–Crippen LogP) is 19.2. The first kappa shape index (κ1) is 68.0. The molecule has 0 atom stereocenters. The summed E-state index contributed by atoms with van der Waals surface area (Å²) in [7, 11) is -6.56. The maximum atomic E-state index is 8.12. The van der Waals surface area contributed by atoms with Crippen LogP contribution in [0.3, 0.4) is 0 Å². The standard InChI is InChI=1S/C104H83BN2OSi2/c1-103(2,3)80-53-59-96-92(66-80)93-67-81(104(4,5)6)54-60-97(93)106(96)83-68-99-102-101(69-83)108-100-71-91(110(86-47-27-13-28-48-86,87-49-29-14-30-50-87)89-52-32-42-77(65-89)73-35-17-8-18-36-73)56-58-95(100)105(102)94-57-55-90(70-98(94)107(99)82-62-78(74-37-19-9-20-38-74)61-79(63-82)75-39-21-10-22-40-75)109(84-43-23-11-24-44-84,85-45-25-12-26-46-85)88-51-31-41-76(64-88)72-33-15-7-16-34-72/h7-71H,1-6H3. The van der Waals surface area contributed by atoms with Gasteiger partial charge in [-0.3, -0.25) is 0 Å². The number of benzene rings is 16. The molecular formula is C104H83BN2OSi2. The Balaban J connectivity index is 0.947. The van der Waals surface area contributed by atoms with E-state index in [2.05, 4.69) is 445 Å². The Hall–Kier alpha value is -12.6.